The normalized spacial score (nSPS) is 29.2. The summed E-state index contributed by atoms with van der Waals surface area (Å²) in [6.07, 6.45) is -0.263. The van der Waals surface area contributed by atoms with Gasteiger partial charge in [-0.1, -0.05) is 0 Å². The number of alkyl halides is 1. The van der Waals surface area contributed by atoms with Gasteiger partial charge in [0.05, 0.1) is 6.42 Å². The molecule has 1 aliphatic carbocycles. The topological polar surface area (TPSA) is 23.8 Å². The fraction of sp³-hybridized carbons (Fsp3) is 0.143. The minimum Gasteiger partial charge on any atom is -0.218 e. The van der Waals surface area contributed by atoms with E-state index in [0.717, 1.165) is 0 Å². The van der Waals surface area contributed by atoms with Gasteiger partial charge in [0.2, 0.25) is 0 Å². The lowest BCUT2D eigenvalue weighted by Gasteiger charge is -2.18. The summed E-state index contributed by atoms with van der Waals surface area (Å²) in [6.45, 7) is 0. The van der Waals surface area contributed by atoms with E-state index in [4.69, 9.17) is 5.26 Å². The summed E-state index contributed by atoms with van der Waals surface area (Å²) in [7, 11) is 0. The van der Waals surface area contributed by atoms with Crippen molar-refractivity contribution in [1.82, 2.24) is 0 Å². The number of allylic oxidation sites excluding steroid dienone is 4. The molecule has 1 atom stereocenters. The maximum absolute atomic E-state index is 12.8. The van der Waals surface area contributed by atoms with Gasteiger partial charge >= 0.3 is 0 Å². The van der Waals surface area contributed by atoms with Gasteiger partial charge in [-0.25, -0.2) is 22.0 Å². The molecule has 0 aliphatic heterocycles. The Labute approximate surface area is 69.8 Å². The summed E-state index contributed by atoms with van der Waals surface area (Å²) in [5.74, 6) is -8.65. The molecule has 0 amide bonds. The molecule has 6 heteroatoms. The van der Waals surface area contributed by atoms with Gasteiger partial charge in [-0.2, -0.15) is 5.26 Å². The smallest absolute Gasteiger partial charge is 0.218 e. The Balaban J connectivity index is 3.29. The Morgan fingerprint density at radius 3 is 2.15 bits per heavy atom. The van der Waals surface area contributed by atoms with Crippen molar-refractivity contribution in [3.63, 3.8) is 0 Å². The zero-order valence-electron chi connectivity index (χ0n) is 5.91. The third kappa shape index (κ3) is 1.30. The van der Waals surface area contributed by atoms with Gasteiger partial charge in [0.15, 0.2) is 17.5 Å². The number of nitrogens with zero attached hydrogens (tertiary/aromatic N) is 1. The number of halogens is 5. The molecule has 0 aromatic heterocycles. The fourth-order valence-corrected chi connectivity index (χ4v) is 0.744. The maximum Gasteiger partial charge on any atom is 0.259 e. The molecule has 1 nitrogen and oxygen atoms in total. The van der Waals surface area contributed by atoms with Gasteiger partial charge in [0.25, 0.3) is 5.67 Å². The van der Waals surface area contributed by atoms with Crippen LogP contribution in [0.3, 0.4) is 0 Å². The van der Waals surface area contributed by atoms with E-state index in [1.807, 2.05) is 0 Å². The van der Waals surface area contributed by atoms with Crippen molar-refractivity contribution < 1.29 is 22.0 Å². The van der Waals surface area contributed by atoms with Crippen molar-refractivity contribution in [1.29, 1.82) is 5.26 Å². The van der Waals surface area contributed by atoms with Gasteiger partial charge in [-0.15, -0.1) is 0 Å². The second kappa shape index (κ2) is 2.83. The van der Waals surface area contributed by atoms with E-state index in [9.17, 15) is 22.0 Å². The summed E-state index contributed by atoms with van der Waals surface area (Å²) in [6, 6.07) is 0.676. The molecule has 0 saturated heterocycles. The van der Waals surface area contributed by atoms with E-state index >= 15 is 0 Å². The monoisotopic (exact) mass is 194 g/mol. The zero-order chi connectivity index (χ0) is 10.2. The summed E-state index contributed by atoms with van der Waals surface area (Å²) in [4.78, 5) is 0. The van der Waals surface area contributed by atoms with Crippen LogP contribution in [0, 0.1) is 17.8 Å². The number of hydrogen-bond acceptors (Lipinski definition) is 1. The van der Waals surface area contributed by atoms with Crippen molar-refractivity contribution in [2.24, 2.45) is 0 Å². The Morgan fingerprint density at radius 2 is 1.69 bits per heavy atom. The van der Waals surface area contributed by atoms with Crippen molar-refractivity contribution in [2.75, 3.05) is 0 Å². The standard InChI is InChI=1S/C7HF5N/c8-3-1-7(12,2-13)6(11)5(10)4(3)9/h1H. The molecule has 13 heavy (non-hydrogen) atoms. The minimum absolute atomic E-state index is 0.263. The summed E-state index contributed by atoms with van der Waals surface area (Å²) < 4.78 is 62.2. The van der Waals surface area contributed by atoms with E-state index in [0.29, 0.717) is 6.07 Å². The summed E-state index contributed by atoms with van der Waals surface area (Å²) in [5.41, 5.74) is -3.55. The largest absolute Gasteiger partial charge is 0.259 e. The molecule has 0 heterocycles. The molecule has 69 valence electrons. The Kier molecular flexibility index (Phi) is 2.12. The van der Waals surface area contributed by atoms with Crippen LogP contribution in [0.4, 0.5) is 22.0 Å². The highest BCUT2D eigenvalue weighted by atomic mass is 19.2. The van der Waals surface area contributed by atoms with E-state index < -0.39 is 29.0 Å². The molecule has 0 saturated carbocycles. The SMILES string of the molecule is N#CC1(F)[CH]C(F)=C(F)C(F)=C1F. The highest BCUT2D eigenvalue weighted by molar-refractivity contribution is 5.46. The van der Waals surface area contributed by atoms with Crippen molar-refractivity contribution >= 4 is 0 Å². The molecule has 0 spiro atoms. The average Bonchev–Trinajstić information content (AvgIpc) is 2.12. The maximum atomic E-state index is 12.8. The first-order valence-corrected chi connectivity index (χ1v) is 3.00. The zero-order valence-corrected chi connectivity index (χ0v) is 5.91. The highest BCUT2D eigenvalue weighted by Crippen LogP contribution is 2.41. The van der Waals surface area contributed by atoms with E-state index in [1.165, 1.54) is 0 Å². The summed E-state index contributed by atoms with van der Waals surface area (Å²) in [5, 5.41) is 8.03. The Bertz CT molecular complexity index is 350. The Morgan fingerprint density at radius 1 is 1.15 bits per heavy atom. The second-order valence-corrected chi connectivity index (χ2v) is 2.26. The van der Waals surface area contributed by atoms with Crippen molar-refractivity contribution in [3.05, 3.63) is 29.7 Å². The molecule has 0 aromatic carbocycles. The fourth-order valence-electron chi connectivity index (χ4n) is 0.744. The molecule has 1 radical (unpaired) electrons. The molecule has 0 fully saturated rings. The van der Waals surface area contributed by atoms with Crippen LogP contribution >= 0.6 is 0 Å². The molecule has 0 aromatic rings. The molecule has 0 bridgehead atoms. The van der Waals surface area contributed by atoms with Gasteiger partial charge < -0.3 is 0 Å². The van der Waals surface area contributed by atoms with E-state index in [1.54, 1.807) is 0 Å². The number of rotatable bonds is 0. The van der Waals surface area contributed by atoms with Crippen LogP contribution in [0.5, 0.6) is 0 Å². The number of nitriles is 1. The predicted octanol–water partition coefficient (Wildman–Crippen LogP) is 2.74. The molecule has 1 rings (SSSR count). The van der Waals surface area contributed by atoms with E-state index in [2.05, 4.69) is 0 Å². The van der Waals surface area contributed by atoms with Gasteiger partial charge in [0.1, 0.15) is 11.9 Å². The van der Waals surface area contributed by atoms with Gasteiger partial charge in [0, 0.05) is 0 Å². The van der Waals surface area contributed by atoms with Crippen LogP contribution in [0.25, 0.3) is 0 Å². The van der Waals surface area contributed by atoms with Crippen molar-refractivity contribution in [2.45, 2.75) is 5.67 Å². The molecule has 1 unspecified atom stereocenters. The first-order chi connectivity index (χ1) is 5.92. The molecular formula is C7HF5N. The molecule has 0 N–H and O–H groups in total. The van der Waals surface area contributed by atoms with Crippen LogP contribution in [0.15, 0.2) is 23.3 Å². The predicted molar refractivity (Wildman–Crippen MR) is 32.2 cm³/mol. The first kappa shape index (κ1) is 9.71. The highest BCUT2D eigenvalue weighted by Gasteiger charge is 2.46. The first-order valence-electron chi connectivity index (χ1n) is 3.00. The van der Waals surface area contributed by atoms with E-state index in [-0.39, 0.29) is 6.42 Å². The molecule has 1 aliphatic rings. The lowest BCUT2D eigenvalue weighted by atomic mass is 9.96. The lowest BCUT2D eigenvalue weighted by molar-refractivity contribution is 0.253. The van der Waals surface area contributed by atoms with Gasteiger partial charge in [-0.3, -0.25) is 0 Å². The average molecular weight is 194 g/mol. The van der Waals surface area contributed by atoms with Crippen LogP contribution in [-0.2, 0) is 0 Å². The Hall–Kier alpha value is -1.38. The third-order valence-corrected chi connectivity index (χ3v) is 1.40. The lowest BCUT2D eigenvalue weighted by Crippen LogP contribution is -2.26. The van der Waals surface area contributed by atoms with Crippen LogP contribution in [-0.4, -0.2) is 5.67 Å². The van der Waals surface area contributed by atoms with Crippen LogP contribution in [0.2, 0.25) is 0 Å². The minimum atomic E-state index is -3.55. The summed E-state index contributed by atoms with van der Waals surface area (Å²) >= 11 is 0. The third-order valence-electron chi connectivity index (χ3n) is 1.40. The van der Waals surface area contributed by atoms with Gasteiger partial charge in [-0.05, 0) is 0 Å². The van der Waals surface area contributed by atoms with Crippen molar-refractivity contribution in [3.8, 4) is 6.07 Å². The number of hydrogen-bond donors (Lipinski definition) is 0. The van der Waals surface area contributed by atoms with Crippen LogP contribution < -0.4 is 0 Å². The van der Waals surface area contributed by atoms with Crippen LogP contribution in [0.1, 0.15) is 0 Å². The second-order valence-electron chi connectivity index (χ2n) is 2.26. The quantitative estimate of drug-likeness (QED) is 0.544. The molecular weight excluding hydrogens is 193 g/mol.